The summed E-state index contributed by atoms with van der Waals surface area (Å²) in [5, 5.41) is 3.98. The molecule has 0 aliphatic carbocycles. The second-order valence-corrected chi connectivity index (χ2v) is 7.45. The molecule has 112 valence electrons. The lowest BCUT2D eigenvalue weighted by molar-refractivity contribution is 0.0641. The molecular formula is C14H24N4OS. The highest BCUT2D eigenvalue weighted by molar-refractivity contribution is 7.18. The first-order valence-electron chi connectivity index (χ1n) is 7.13. The van der Waals surface area contributed by atoms with E-state index in [0.29, 0.717) is 15.8 Å². The fourth-order valence-electron chi connectivity index (χ4n) is 2.39. The van der Waals surface area contributed by atoms with Crippen LogP contribution < -0.4 is 11.1 Å². The van der Waals surface area contributed by atoms with Gasteiger partial charge in [0.25, 0.3) is 5.91 Å². The summed E-state index contributed by atoms with van der Waals surface area (Å²) in [5.41, 5.74) is 5.83. The number of thiazole rings is 1. The zero-order valence-corrected chi connectivity index (χ0v) is 13.5. The number of nitrogens with zero attached hydrogens (tertiary/aromatic N) is 2. The quantitative estimate of drug-likeness (QED) is 0.880. The highest BCUT2D eigenvalue weighted by Crippen LogP contribution is 2.30. The Labute approximate surface area is 124 Å². The molecule has 0 aromatic carbocycles. The summed E-state index contributed by atoms with van der Waals surface area (Å²) < 4.78 is 0. The number of anilines is 2. The number of hydrogen-bond donors (Lipinski definition) is 2. The summed E-state index contributed by atoms with van der Waals surface area (Å²) in [6.07, 6.45) is 3.33. The number of nitrogen functional groups attached to an aromatic ring is 1. The number of hydrogen-bond acceptors (Lipinski definition) is 5. The van der Waals surface area contributed by atoms with Crippen molar-refractivity contribution in [3.05, 3.63) is 4.88 Å². The smallest absolute Gasteiger partial charge is 0.268 e. The van der Waals surface area contributed by atoms with Gasteiger partial charge in [-0.2, -0.15) is 0 Å². The number of aromatic nitrogens is 1. The van der Waals surface area contributed by atoms with Crippen molar-refractivity contribution in [1.29, 1.82) is 0 Å². The van der Waals surface area contributed by atoms with Crippen LogP contribution in [0.5, 0.6) is 0 Å². The number of likely N-dealkylation sites (tertiary alicyclic amines) is 1. The minimum atomic E-state index is -0.0942. The van der Waals surface area contributed by atoms with Gasteiger partial charge in [-0.05, 0) is 47.0 Å². The van der Waals surface area contributed by atoms with Crippen molar-refractivity contribution in [3.8, 4) is 0 Å². The summed E-state index contributed by atoms with van der Waals surface area (Å²) in [6, 6.07) is 0.289. The molecule has 2 heterocycles. The third kappa shape index (κ3) is 3.42. The third-order valence-corrected chi connectivity index (χ3v) is 4.37. The Morgan fingerprint density at radius 2 is 2.15 bits per heavy atom. The molecule has 1 unspecified atom stereocenters. The largest absolute Gasteiger partial charge is 0.382 e. The first-order chi connectivity index (χ1) is 9.28. The average Bonchev–Trinajstić information content (AvgIpc) is 2.67. The predicted octanol–water partition coefficient (Wildman–Crippen LogP) is 2.95. The van der Waals surface area contributed by atoms with Crippen LogP contribution in [0.15, 0.2) is 0 Å². The molecule has 20 heavy (non-hydrogen) atoms. The Balaban J connectivity index is 2.17. The molecule has 0 bridgehead atoms. The first kappa shape index (κ1) is 15.1. The summed E-state index contributed by atoms with van der Waals surface area (Å²) in [5.74, 6) is 0.360. The molecule has 1 saturated heterocycles. The first-order valence-corrected chi connectivity index (χ1v) is 7.95. The normalized spacial score (nSPS) is 20.0. The van der Waals surface area contributed by atoms with Crippen LogP contribution in [0.3, 0.4) is 0 Å². The van der Waals surface area contributed by atoms with Crippen molar-refractivity contribution in [3.63, 3.8) is 0 Å². The van der Waals surface area contributed by atoms with Crippen LogP contribution in [0.25, 0.3) is 0 Å². The lowest BCUT2D eigenvalue weighted by Gasteiger charge is -2.33. The maximum absolute atomic E-state index is 12.6. The van der Waals surface area contributed by atoms with E-state index < -0.39 is 0 Å². The van der Waals surface area contributed by atoms with E-state index in [1.165, 1.54) is 17.8 Å². The van der Waals surface area contributed by atoms with Crippen molar-refractivity contribution in [2.45, 2.75) is 58.5 Å². The van der Waals surface area contributed by atoms with Crippen LogP contribution in [-0.2, 0) is 0 Å². The third-order valence-electron chi connectivity index (χ3n) is 3.39. The molecule has 2 rings (SSSR count). The van der Waals surface area contributed by atoms with E-state index in [1.54, 1.807) is 0 Å². The van der Waals surface area contributed by atoms with Crippen molar-refractivity contribution >= 4 is 28.2 Å². The minimum absolute atomic E-state index is 0.0224. The van der Waals surface area contributed by atoms with Crippen molar-refractivity contribution in [2.75, 3.05) is 17.6 Å². The van der Waals surface area contributed by atoms with Gasteiger partial charge < -0.3 is 16.0 Å². The topological polar surface area (TPSA) is 71.2 Å². The number of rotatable bonds is 2. The van der Waals surface area contributed by atoms with Crippen molar-refractivity contribution in [1.82, 2.24) is 9.88 Å². The molecule has 1 amide bonds. The van der Waals surface area contributed by atoms with Gasteiger partial charge in [-0.3, -0.25) is 4.79 Å². The monoisotopic (exact) mass is 296 g/mol. The molecule has 0 radical (unpaired) electrons. The van der Waals surface area contributed by atoms with E-state index in [2.05, 4.69) is 38.0 Å². The molecule has 1 fully saturated rings. The Hall–Kier alpha value is -1.30. The molecule has 1 atom stereocenters. The lowest BCUT2D eigenvalue weighted by Crippen LogP contribution is -2.41. The SMILES string of the molecule is CC1CCCCN1C(=O)c1sc(NC(C)(C)C)nc1N. The van der Waals surface area contributed by atoms with Crippen LogP contribution >= 0.6 is 11.3 Å². The molecule has 0 spiro atoms. The molecule has 1 aliphatic heterocycles. The molecule has 3 N–H and O–H groups in total. The fourth-order valence-corrected chi connectivity index (χ4v) is 3.44. The molecule has 0 saturated carbocycles. The minimum Gasteiger partial charge on any atom is -0.382 e. The molecule has 6 heteroatoms. The van der Waals surface area contributed by atoms with Crippen LogP contribution in [0.4, 0.5) is 10.9 Å². The predicted molar refractivity (Wildman–Crippen MR) is 84.3 cm³/mol. The molecular weight excluding hydrogens is 272 g/mol. The van der Waals surface area contributed by atoms with Crippen molar-refractivity contribution < 1.29 is 4.79 Å². The maximum Gasteiger partial charge on any atom is 0.268 e. The van der Waals surface area contributed by atoms with Crippen LogP contribution in [0.1, 0.15) is 56.6 Å². The summed E-state index contributed by atoms with van der Waals surface area (Å²) in [4.78, 5) is 19.4. The Bertz CT molecular complexity index is 492. The van der Waals surface area contributed by atoms with E-state index in [1.807, 2.05) is 4.90 Å². The molecule has 5 nitrogen and oxygen atoms in total. The second-order valence-electron chi connectivity index (χ2n) is 6.45. The summed E-state index contributed by atoms with van der Waals surface area (Å²) in [7, 11) is 0. The number of nitrogens with one attached hydrogen (secondary N) is 1. The van der Waals surface area contributed by atoms with Gasteiger partial charge in [0, 0.05) is 18.1 Å². The van der Waals surface area contributed by atoms with E-state index in [0.717, 1.165) is 19.4 Å². The van der Waals surface area contributed by atoms with Gasteiger partial charge in [-0.15, -0.1) is 0 Å². The average molecular weight is 296 g/mol. The maximum atomic E-state index is 12.6. The number of piperidine rings is 1. The Morgan fingerprint density at radius 3 is 2.75 bits per heavy atom. The van der Waals surface area contributed by atoms with Gasteiger partial charge in [0.15, 0.2) is 5.13 Å². The van der Waals surface area contributed by atoms with E-state index in [4.69, 9.17) is 5.73 Å². The van der Waals surface area contributed by atoms with Gasteiger partial charge in [0.2, 0.25) is 0 Å². The van der Waals surface area contributed by atoms with Crippen LogP contribution in [-0.4, -0.2) is 33.9 Å². The van der Waals surface area contributed by atoms with E-state index in [-0.39, 0.29) is 17.5 Å². The van der Waals surface area contributed by atoms with Gasteiger partial charge in [-0.1, -0.05) is 11.3 Å². The highest BCUT2D eigenvalue weighted by atomic mass is 32.1. The second kappa shape index (κ2) is 5.60. The highest BCUT2D eigenvalue weighted by Gasteiger charge is 2.28. The van der Waals surface area contributed by atoms with Gasteiger partial charge in [0.1, 0.15) is 10.7 Å². The molecule has 1 aromatic rings. The fraction of sp³-hybridized carbons (Fsp3) is 0.714. The van der Waals surface area contributed by atoms with Gasteiger partial charge in [-0.25, -0.2) is 4.98 Å². The Kier molecular flexibility index (Phi) is 4.22. The molecule has 1 aromatic heterocycles. The van der Waals surface area contributed by atoms with Crippen molar-refractivity contribution in [2.24, 2.45) is 0 Å². The van der Waals surface area contributed by atoms with Crippen LogP contribution in [0, 0.1) is 0 Å². The van der Waals surface area contributed by atoms with Gasteiger partial charge >= 0.3 is 0 Å². The van der Waals surface area contributed by atoms with Gasteiger partial charge in [0.05, 0.1) is 0 Å². The zero-order valence-electron chi connectivity index (χ0n) is 12.7. The lowest BCUT2D eigenvalue weighted by atomic mass is 10.0. The standard InChI is InChI=1S/C14H24N4OS/c1-9-7-5-6-8-18(9)12(19)10-11(15)16-13(20-10)17-14(2,3)4/h9H,5-8,15H2,1-4H3,(H,16,17). The van der Waals surface area contributed by atoms with Crippen LogP contribution in [0.2, 0.25) is 0 Å². The number of amides is 1. The summed E-state index contributed by atoms with van der Waals surface area (Å²) >= 11 is 1.35. The molecule has 1 aliphatic rings. The number of carbonyl (C=O) groups is 1. The zero-order chi connectivity index (χ0) is 14.9. The van der Waals surface area contributed by atoms with E-state index in [9.17, 15) is 4.79 Å². The number of nitrogens with two attached hydrogens (primary N) is 1. The number of carbonyl (C=O) groups excluding carboxylic acids is 1. The summed E-state index contributed by atoms with van der Waals surface area (Å²) in [6.45, 7) is 9.08. The Morgan fingerprint density at radius 1 is 1.45 bits per heavy atom. The van der Waals surface area contributed by atoms with E-state index >= 15 is 0 Å².